The quantitative estimate of drug-likeness (QED) is 0.298. The normalized spacial score (nSPS) is 10.9. The predicted molar refractivity (Wildman–Crippen MR) is 61.0 cm³/mol. The zero-order valence-electron chi connectivity index (χ0n) is 9.57. The van der Waals surface area contributed by atoms with Crippen LogP contribution >= 0.6 is 0 Å². The Morgan fingerprint density at radius 2 is 2.06 bits per heavy atom. The highest BCUT2D eigenvalue weighted by molar-refractivity contribution is 5.95. The van der Waals surface area contributed by atoms with E-state index in [1.54, 1.807) is 0 Å². The molecular formula is C12H18O4. The third-order valence-electron chi connectivity index (χ3n) is 1.91. The van der Waals surface area contributed by atoms with Crippen LogP contribution in [0.5, 0.6) is 0 Å². The van der Waals surface area contributed by atoms with E-state index >= 15 is 0 Å². The first-order valence-electron chi connectivity index (χ1n) is 5.33. The van der Waals surface area contributed by atoms with E-state index < -0.39 is 11.9 Å². The Hall–Kier alpha value is -1.58. The molecule has 0 aliphatic carbocycles. The molecule has 0 atom stereocenters. The van der Waals surface area contributed by atoms with Gasteiger partial charge in [0.15, 0.2) is 0 Å². The molecule has 90 valence electrons. The number of aliphatic carboxylic acids is 1. The second-order valence-electron chi connectivity index (χ2n) is 3.34. The summed E-state index contributed by atoms with van der Waals surface area (Å²) in [5, 5.41) is 8.55. The zero-order chi connectivity index (χ0) is 12.4. The predicted octanol–water partition coefficient (Wildman–Crippen LogP) is 2.31. The van der Waals surface area contributed by atoms with Gasteiger partial charge in [-0.1, -0.05) is 25.8 Å². The molecule has 16 heavy (non-hydrogen) atoms. The van der Waals surface area contributed by atoms with Crippen molar-refractivity contribution in [2.75, 3.05) is 6.61 Å². The van der Waals surface area contributed by atoms with Gasteiger partial charge in [-0.3, -0.25) is 0 Å². The molecule has 0 spiro atoms. The number of carboxylic acid groups (broad SMARTS) is 1. The summed E-state index contributed by atoms with van der Waals surface area (Å²) in [6.45, 7) is 5.84. The number of unbranched alkanes of at least 4 members (excludes halogenated alkanes) is 2. The first kappa shape index (κ1) is 14.4. The van der Waals surface area contributed by atoms with Crippen LogP contribution in [0.3, 0.4) is 0 Å². The summed E-state index contributed by atoms with van der Waals surface area (Å²) in [4.78, 5) is 21.9. The molecule has 0 heterocycles. The van der Waals surface area contributed by atoms with Gasteiger partial charge in [0.25, 0.3) is 0 Å². The van der Waals surface area contributed by atoms with Gasteiger partial charge in [0.1, 0.15) is 0 Å². The van der Waals surface area contributed by atoms with Crippen molar-refractivity contribution in [3.63, 3.8) is 0 Å². The number of ether oxygens (including phenoxy) is 1. The summed E-state index contributed by atoms with van der Waals surface area (Å²) in [5.41, 5.74) is 0.124. The Kier molecular flexibility index (Phi) is 7.85. The van der Waals surface area contributed by atoms with E-state index in [1.165, 1.54) is 6.08 Å². The number of hydrogen-bond acceptors (Lipinski definition) is 3. The molecule has 0 radical (unpaired) electrons. The standard InChI is InChI=1S/C12H18O4/c1-3-5-6-8-16-12(15)10(7-4-2)9-11(13)14/h4,9H,2-3,5-8H2,1H3,(H,13,14). The van der Waals surface area contributed by atoms with Crippen molar-refractivity contribution in [3.8, 4) is 0 Å². The van der Waals surface area contributed by atoms with Gasteiger partial charge < -0.3 is 9.84 Å². The Morgan fingerprint density at radius 1 is 1.38 bits per heavy atom. The second kappa shape index (κ2) is 8.71. The van der Waals surface area contributed by atoms with Crippen LogP contribution in [-0.2, 0) is 14.3 Å². The van der Waals surface area contributed by atoms with Gasteiger partial charge in [-0.05, 0) is 12.8 Å². The van der Waals surface area contributed by atoms with Crippen LogP contribution in [0.2, 0.25) is 0 Å². The molecule has 4 heteroatoms. The molecule has 1 N–H and O–H groups in total. The molecule has 0 aliphatic heterocycles. The minimum atomic E-state index is -1.15. The Labute approximate surface area is 95.6 Å². The molecule has 0 amide bonds. The fourth-order valence-corrected chi connectivity index (χ4v) is 1.12. The van der Waals surface area contributed by atoms with Gasteiger partial charge in [0.05, 0.1) is 6.61 Å². The number of carboxylic acids is 1. The molecule has 0 saturated carbocycles. The van der Waals surface area contributed by atoms with E-state index in [1.807, 2.05) is 0 Å². The van der Waals surface area contributed by atoms with Gasteiger partial charge in [0.2, 0.25) is 0 Å². The number of hydrogen-bond donors (Lipinski definition) is 1. The molecule has 0 aliphatic rings. The molecule has 0 bridgehead atoms. The number of carbonyl (C=O) groups excluding carboxylic acids is 1. The molecule has 0 saturated heterocycles. The molecule has 4 nitrogen and oxygen atoms in total. The van der Waals surface area contributed by atoms with Crippen molar-refractivity contribution in [1.29, 1.82) is 0 Å². The molecule has 0 aromatic carbocycles. The summed E-state index contributed by atoms with van der Waals surface area (Å²) in [6, 6.07) is 0. The topological polar surface area (TPSA) is 63.6 Å². The minimum absolute atomic E-state index is 0.124. The van der Waals surface area contributed by atoms with Gasteiger partial charge in [-0.2, -0.15) is 0 Å². The molecule has 0 aromatic rings. The van der Waals surface area contributed by atoms with Crippen LogP contribution in [0.4, 0.5) is 0 Å². The van der Waals surface area contributed by atoms with Gasteiger partial charge in [0, 0.05) is 11.6 Å². The average molecular weight is 226 g/mol. The van der Waals surface area contributed by atoms with Crippen LogP contribution in [0, 0.1) is 0 Å². The fourth-order valence-electron chi connectivity index (χ4n) is 1.12. The fraction of sp³-hybridized carbons (Fsp3) is 0.500. The average Bonchev–Trinajstić information content (AvgIpc) is 2.23. The van der Waals surface area contributed by atoms with Crippen LogP contribution in [-0.4, -0.2) is 23.7 Å². The summed E-state index contributed by atoms with van der Waals surface area (Å²) in [5.74, 6) is -1.72. The van der Waals surface area contributed by atoms with Crippen LogP contribution in [0.15, 0.2) is 24.3 Å². The number of esters is 1. The summed E-state index contributed by atoms with van der Waals surface area (Å²) in [7, 11) is 0. The summed E-state index contributed by atoms with van der Waals surface area (Å²) < 4.78 is 4.94. The molecule has 0 fully saturated rings. The highest BCUT2D eigenvalue weighted by Gasteiger charge is 2.10. The molecule has 0 rings (SSSR count). The maximum atomic E-state index is 11.4. The minimum Gasteiger partial charge on any atom is -0.478 e. The van der Waals surface area contributed by atoms with Gasteiger partial charge in [-0.25, -0.2) is 9.59 Å². The van der Waals surface area contributed by atoms with Gasteiger partial charge in [-0.15, -0.1) is 6.58 Å². The van der Waals surface area contributed by atoms with E-state index in [4.69, 9.17) is 9.84 Å². The highest BCUT2D eigenvalue weighted by atomic mass is 16.5. The first-order valence-corrected chi connectivity index (χ1v) is 5.33. The van der Waals surface area contributed by atoms with Crippen LogP contribution in [0.1, 0.15) is 32.6 Å². The lowest BCUT2D eigenvalue weighted by molar-refractivity contribution is -0.140. The van der Waals surface area contributed by atoms with E-state index in [0.717, 1.165) is 25.3 Å². The van der Waals surface area contributed by atoms with E-state index in [-0.39, 0.29) is 12.0 Å². The smallest absolute Gasteiger partial charge is 0.334 e. The van der Waals surface area contributed by atoms with Crippen molar-refractivity contribution in [1.82, 2.24) is 0 Å². The lowest BCUT2D eigenvalue weighted by atomic mass is 10.2. The third kappa shape index (κ3) is 6.81. The van der Waals surface area contributed by atoms with E-state index in [2.05, 4.69) is 13.5 Å². The zero-order valence-corrected chi connectivity index (χ0v) is 9.57. The highest BCUT2D eigenvalue weighted by Crippen LogP contribution is 2.06. The SMILES string of the molecule is C=CCC(=CC(=O)O)C(=O)OCCCCC. The molecule has 0 unspecified atom stereocenters. The van der Waals surface area contributed by atoms with E-state index in [0.29, 0.717) is 6.61 Å². The monoisotopic (exact) mass is 226 g/mol. The number of carbonyl (C=O) groups is 2. The second-order valence-corrected chi connectivity index (χ2v) is 3.34. The van der Waals surface area contributed by atoms with Gasteiger partial charge >= 0.3 is 11.9 Å². The molecule has 0 aromatic heterocycles. The summed E-state index contributed by atoms with van der Waals surface area (Å²) in [6.07, 6.45) is 5.39. The van der Waals surface area contributed by atoms with E-state index in [9.17, 15) is 9.59 Å². The van der Waals surface area contributed by atoms with Crippen LogP contribution in [0.25, 0.3) is 0 Å². The lowest BCUT2D eigenvalue weighted by Crippen LogP contribution is -2.10. The first-order chi connectivity index (χ1) is 7.61. The number of allylic oxidation sites excluding steroid dienone is 1. The molecular weight excluding hydrogens is 208 g/mol. The Bertz CT molecular complexity index is 279. The van der Waals surface area contributed by atoms with Crippen LogP contribution < -0.4 is 0 Å². The van der Waals surface area contributed by atoms with Crippen molar-refractivity contribution in [2.45, 2.75) is 32.6 Å². The van der Waals surface area contributed by atoms with Crippen molar-refractivity contribution in [2.24, 2.45) is 0 Å². The summed E-state index contributed by atoms with van der Waals surface area (Å²) >= 11 is 0. The maximum Gasteiger partial charge on any atom is 0.334 e. The number of rotatable bonds is 8. The Balaban J connectivity index is 4.18. The largest absolute Gasteiger partial charge is 0.478 e. The Morgan fingerprint density at radius 3 is 2.56 bits per heavy atom. The lowest BCUT2D eigenvalue weighted by Gasteiger charge is -2.05. The maximum absolute atomic E-state index is 11.4. The van der Waals surface area contributed by atoms with Crippen molar-refractivity contribution >= 4 is 11.9 Å². The van der Waals surface area contributed by atoms with Crippen molar-refractivity contribution < 1.29 is 19.4 Å². The third-order valence-corrected chi connectivity index (χ3v) is 1.91. The van der Waals surface area contributed by atoms with Crippen molar-refractivity contribution in [3.05, 3.63) is 24.3 Å².